The third kappa shape index (κ3) is 2.43. The van der Waals surface area contributed by atoms with Crippen LogP contribution in [0.15, 0.2) is 42.5 Å². The van der Waals surface area contributed by atoms with E-state index in [-0.39, 0.29) is 5.69 Å². The van der Waals surface area contributed by atoms with Crippen LogP contribution in [0.2, 0.25) is 0 Å². The first-order chi connectivity index (χ1) is 9.22. The second-order valence-electron chi connectivity index (χ2n) is 4.15. The van der Waals surface area contributed by atoms with Gasteiger partial charge in [0.05, 0.1) is 17.6 Å². The van der Waals surface area contributed by atoms with E-state index in [9.17, 15) is 10.1 Å². The lowest BCUT2D eigenvalue weighted by Gasteiger charge is -2.07. The molecule has 0 aliphatic carbocycles. The SMILES string of the molecule is O=[N+]([O-])c1cccc(Oc2ccc3c(c2)CO[B]3)c1. The lowest BCUT2D eigenvalue weighted by Crippen LogP contribution is -2.10. The number of non-ortho nitro benzene ring substituents is 1. The predicted molar refractivity (Wildman–Crippen MR) is 69.8 cm³/mol. The fourth-order valence-electron chi connectivity index (χ4n) is 1.90. The summed E-state index contributed by atoms with van der Waals surface area (Å²) in [6.07, 6.45) is 0. The second kappa shape index (κ2) is 4.74. The van der Waals surface area contributed by atoms with Gasteiger partial charge in [0.15, 0.2) is 0 Å². The van der Waals surface area contributed by atoms with Crippen LogP contribution in [-0.4, -0.2) is 12.4 Å². The average Bonchev–Trinajstić information content (AvgIpc) is 2.86. The summed E-state index contributed by atoms with van der Waals surface area (Å²) in [4.78, 5) is 10.2. The standard InChI is InChI=1S/C13H9BNO4/c16-15(17)10-2-1-3-11(7-10)19-12-4-5-13-9(6-12)8-18-14-13/h1-7H,8H2. The maximum absolute atomic E-state index is 10.7. The van der Waals surface area contributed by atoms with Crippen molar-refractivity contribution in [1.29, 1.82) is 0 Å². The lowest BCUT2D eigenvalue weighted by molar-refractivity contribution is -0.384. The minimum absolute atomic E-state index is 0.00956. The summed E-state index contributed by atoms with van der Waals surface area (Å²) < 4.78 is 10.8. The molecule has 0 N–H and O–H groups in total. The van der Waals surface area contributed by atoms with Gasteiger partial charge in [-0.15, -0.1) is 0 Å². The van der Waals surface area contributed by atoms with Gasteiger partial charge in [-0.3, -0.25) is 10.1 Å². The molecule has 2 aromatic carbocycles. The summed E-state index contributed by atoms with van der Waals surface area (Å²) in [5, 5.41) is 10.7. The highest BCUT2D eigenvalue weighted by molar-refractivity contribution is 6.48. The lowest BCUT2D eigenvalue weighted by atomic mass is 9.87. The Hall–Kier alpha value is -2.34. The number of hydrogen-bond acceptors (Lipinski definition) is 4. The molecule has 0 bridgehead atoms. The number of ether oxygens (including phenoxy) is 1. The molecule has 19 heavy (non-hydrogen) atoms. The van der Waals surface area contributed by atoms with Gasteiger partial charge in [0.2, 0.25) is 0 Å². The Morgan fingerprint density at radius 3 is 2.89 bits per heavy atom. The highest BCUT2D eigenvalue weighted by Gasteiger charge is 2.14. The first-order valence-corrected chi connectivity index (χ1v) is 5.72. The van der Waals surface area contributed by atoms with Gasteiger partial charge in [-0.05, 0) is 29.2 Å². The van der Waals surface area contributed by atoms with Crippen LogP contribution in [0.1, 0.15) is 5.56 Å². The maximum atomic E-state index is 10.7. The van der Waals surface area contributed by atoms with Gasteiger partial charge < -0.3 is 9.39 Å². The summed E-state index contributed by atoms with van der Waals surface area (Å²) in [7, 11) is 1.70. The molecule has 0 saturated carbocycles. The quantitative estimate of drug-likeness (QED) is 0.478. The summed E-state index contributed by atoms with van der Waals surface area (Å²) >= 11 is 0. The van der Waals surface area contributed by atoms with Gasteiger partial charge in [0, 0.05) is 6.07 Å². The van der Waals surface area contributed by atoms with Crippen LogP contribution in [0.5, 0.6) is 11.5 Å². The minimum atomic E-state index is -0.446. The fourth-order valence-corrected chi connectivity index (χ4v) is 1.90. The van der Waals surface area contributed by atoms with Crippen LogP contribution in [0.25, 0.3) is 0 Å². The summed E-state index contributed by atoms with van der Waals surface area (Å²) in [6.45, 7) is 0.529. The molecule has 3 rings (SSSR count). The first-order valence-electron chi connectivity index (χ1n) is 5.72. The smallest absolute Gasteiger partial charge is 0.330 e. The Kier molecular flexibility index (Phi) is 2.93. The van der Waals surface area contributed by atoms with E-state index in [1.165, 1.54) is 12.1 Å². The summed E-state index contributed by atoms with van der Waals surface area (Å²) in [5.74, 6) is 1.08. The molecule has 0 unspecified atom stereocenters. The number of nitro groups is 1. The molecular weight excluding hydrogens is 245 g/mol. The summed E-state index contributed by atoms with van der Waals surface area (Å²) in [6, 6.07) is 11.7. The van der Waals surface area contributed by atoms with E-state index in [0.717, 1.165) is 11.0 Å². The van der Waals surface area contributed by atoms with E-state index in [0.29, 0.717) is 18.1 Å². The van der Waals surface area contributed by atoms with Crippen molar-refractivity contribution in [3.05, 3.63) is 58.1 Å². The molecule has 1 heterocycles. The maximum Gasteiger partial charge on any atom is 0.330 e. The Balaban J connectivity index is 1.85. The van der Waals surface area contributed by atoms with Gasteiger partial charge >= 0.3 is 7.48 Å². The Morgan fingerprint density at radius 2 is 2.05 bits per heavy atom. The number of nitrogens with zero attached hydrogens (tertiary/aromatic N) is 1. The number of benzene rings is 2. The summed E-state index contributed by atoms with van der Waals surface area (Å²) in [5.41, 5.74) is 2.09. The highest BCUT2D eigenvalue weighted by Crippen LogP contribution is 2.26. The van der Waals surface area contributed by atoms with Crippen molar-refractivity contribution in [1.82, 2.24) is 0 Å². The van der Waals surface area contributed by atoms with Crippen LogP contribution in [0, 0.1) is 10.1 Å². The van der Waals surface area contributed by atoms with Crippen molar-refractivity contribution in [2.24, 2.45) is 0 Å². The zero-order valence-corrected chi connectivity index (χ0v) is 9.91. The third-order valence-electron chi connectivity index (χ3n) is 2.83. The van der Waals surface area contributed by atoms with Crippen LogP contribution in [0.4, 0.5) is 5.69 Å². The fraction of sp³-hybridized carbons (Fsp3) is 0.0769. The zero-order chi connectivity index (χ0) is 13.2. The molecule has 1 radical (unpaired) electrons. The molecule has 5 nitrogen and oxygen atoms in total. The van der Waals surface area contributed by atoms with Crippen molar-refractivity contribution in [3.63, 3.8) is 0 Å². The molecule has 1 aliphatic rings. The molecule has 6 heteroatoms. The molecule has 2 aromatic rings. The van der Waals surface area contributed by atoms with Gasteiger partial charge in [0.1, 0.15) is 11.5 Å². The molecule has 1 aliphatic heterocycles. The third-order valence-corrected chi connectivity index (χ3v) is 2.83. The molecule has 0 atom stereocenters. The molecule has 0 saturated heterocycles. The van der Waals surface area contributed by atoms with Crippen LogP contribution in [-0.2, 0) is 11.3 Å². The van der Waals surface area contributed by atoms with E-state index in [1.807, 2.05) is 18.2 Å². The number of hydrogen-bond donors (Lipinski definition) is 0. The van der Waals surface area contributed by atoms with Gasteiger partial charge in [0.25, 0.3) is 5.69 Å². The largest absolute Gasteiger partial charge is 0.457 e. The van der Waals surface area contributed by atoms with E-state index in [1.54, 1.807) is 19.6 Å². The molecular formula is C13H9BNO4. The molecule has 0 amide bonds. The van der Waals surface area contributed by atoms with E-state index >= 15 is 0 Å². The monoisotopic (exact) mass is 254 g/mol. The Morgan fingerprint density at radius 1 is 1.21 bits per heavy atom. The second-order valence-corrected chi connectivity index (χ2v) is 4.15. The van der Waals surface area contributed by atoms with Gasteiger partial charge in [-0.25, -0.2) is 0 Å². The molecule has 0 spiro atoms. The molecule has 93 valence electrons. The van der Waals surface area contributed by atoms with Crippen molar-refractivity contribution in [2.75, 3.05) is 0 Å². The average molecular weight is 254 g/mol. The van der Waals surface area contributed by atoms with Crippen LogP contribution >= 0.6 is 0 Å². The molecule has 0 fully saturated rings. The highest BCUT2D eigenvalue weighted by atomic mass is 16.6. The predicted octanol–water partition coefficient (Wildman–Crippen LogP) is 2.16. The number of fused-ring (bicyclic) bond motifs is 1. The minimum Gasteiger partial charge on any atom is -0.457 e. The first kappa shape index (κ1) is 11.7. The van der Waals surface area contributed by atoms with Crippen molar-refractivity contribution < 1.29 is 14.3 Å². The van der Waals surface area contributed by atoms with Gasteiger partial charge in [-0.1, -0.05) is 12.1 Å². The van der Waals surface area contributed by atoms with Crippen LogP contribution < -0.4 is 10.2 Å². The van der Waals surface area contributed by atoms with E-state index in [2.05, 4.69) is 0 Å². The number of rotatable bonds is 3. The van der Waals surface area contributed by atoms with Crippen molar-refractivity contribution in [3.8, 4) is 11.5 Å². The molecule has 0 aromatic heterocycles. The van der Waals surface area contributed by atoms with Gasteiger partial charge in [-0.2, -0.15) is 0 Å². The number of nitro benzene ring substituents is 1. The van der Waals surface area contributed by atoms with Crippen molar-refractivity contribution in [2.45, 2.75) is 6.61 Å². The zero-order valence-electron chi connectivity index (χ0n) is 9.91. The topological polar surface area (TPSA) is 61.6 Å². The van der Waals surface area contributed by atoms with E-state index in [4.69, 9.17) is 9.39 Å². The van der Waals surface area contributed by atoms with E-state index < -0.39 is 4.92 Å². The Bertz CT molecular complexity index is 644. The van der Waals surface area contributed by atoms with Crippen molar-refractivity contribution >= 4 is 18.6 Å². The normalized spacial score (nSPS) is 12.6. The van der Waals surface area contributed by atoms with Crippen LogP contribution in [0.3, 0.4) is 0 Å². The Labute approximate surface area is 110 Å².